The number of carbonyl (C=O) groups excluding carboxylic acids is 1. The predicted molar refractivity (Wildman–Crippen MR) is 45.0 cm³/mol. The van der Waals surface area contributed by atoms with E-state index in [2.05, 4.69) is 0 Å². The number of halogens is 11. The van der Waals surface area contributed by atoms with Crippen molar-refractivity contribution in [3.63, 3.8) is 0 Å². The van der Waals surface area contributed by atoms with Gasteiger partial charge in [0.1, 0.15) is 12.3 Å². The minimum atomic E-state index is -6.47. The standard InChI is InChI=1S/C8H4F11NO/c9-5(10,11)2-20-3(7(14,15)16)1-4(21)6(12,13)8(17,18)19/h1-2H2. The topological polar surface area (TPSA) is 29.4 Å². The molecule has 0 amide bonds. The second kappa shape index (κ2) is 5.75. The van der Waals surface area contributed by atoms with Crippen LogP contribution in [0.3, 0.4) is 0 Å². The monoisotopic (exact) mass is 339 g/mol. The molecule has 0 aromatic carbocycles. The summed E-state index contributed by atoms with van der Waals surface area (Å²) in [6.07, 6.45) is -20.1. The van der Waals surface area contributed by atoms with Crippen molar-refractivity contribution in [3.05, 3.63) is 0 Å². The number of hydrogen-bond donors (Lipinski definition) is 0. The van der Waals surface area contributed by atoms with Crippen LogP contribution >= 0.6 is 0 Å². The third-order valence-electron chi connectivity index (χ3n) is 1.81. The number of alkyl halides is 11. The van der Waals surface area contributed by atoms with Crippen LogP contribution in [0.5, 0.6) is 0 Å². The molecule has 0 aromatic rings. The summed E-state index contributed by atoms with van der Waals surface area (Å²) in [7, 11) is 0. The van der Waals surface area contributed by atoms with Crippen LogP contribution in [0.4, 0.5) is 48.3 Å². The third kappa shape index (κ3) is 5.83. The van der Waals surface area contributed by atoms with Crippen molar-refractivity contribution in [3.8, 4) is 0 Å². The van der Waals surface area contributed by atoms with Crippen LogP contribution in [-0.2, 0) is 4.79 Å². The number of rotatable bonds is 4. The van der Waals surface area contributed by atoms with Crippen LogP contribution in [0.25, 0.3) is 0 Å². The summed E-state index contributed by atoms with van der Waals surface area (Å²) >= 11 is 0. The summed E-state index contributed by atoms with van der Waals surface area (Å²) in [4.78, 5) is 12.4. The van der Waals surface area contributed by atoms with Crippen molar-refractivity contribution in [2.45, 2.75) is 30.9 Å². The van der Waals surface area contributed by atoms with Gasteiger partial charge >= 0.3 is 24.5 Å². The highest BCUT2D eigenvalue weighted by Crippen LogP contribution is 2.37. The van der Waals surface area contributed by atoms with Gasteiger partial charge in [-0.1, -0.05) is 0 Å². The number of Topliss-reactive ketones (excluding diaryl/α,β-unsaturated/α-hetero) is 1. The molecule has 0 unspecified atom stereocenters. The van der Waals surface area contributed by atoms with Gasteiger partial charge in [0.25, 0.3) is 0 Å². The van der Waals surface area contributed by atoms with Crippen LogP contribution < -0.4 is 0 Å². The van der Waals surface area contributed by atoms with E-state index in [1.165, 1.54) is 0 Å². The molecule has 0 fully saturated rings. The van der Waals surface area contributed by atoms with Crippen molar-refractivity contribution >= 4 is 11.5 Å². The fourth-order valence-electron chi connectivity index (χ4n) is 0.852. The number of hydrogen-bond acceptors (Lipinski definition) is 2. The van der Waals surface area contributed by atoms with Crippen LogP contribution in [0.2, 0.25) is 0 Å². The molecular weight excluding hydrogens is 335 g/mol. The first-order valence-corrected chi connectivity index (χ1v) is 4.63. The van der Waals surface area contributed by atoms with Gasteiger partial charge in [0.2, 0.25) is 5.78 Å². The van der Waals surface area contributed by atoms with Gasteiger partial charge in [0.05, 0.1) is 6.42 Å². The first-order valence-electron chi connectivity index (χ1n) is 4.63. The maximum absolute atomic E-state index is 12.4. The maximum Gasteiger partial charge on any atom is 0.461 e. The Morgan fingerprint density at radius 2 is 1.24 bits per heavy atom. The summed E-state index contributed by atoms with van der Waals surface area (Å²) in [6, 6.07) is 0. The molecule has 0 saturated carbocycles. The van der Waals surface area contributed by atoms with E-state index in [9.17, 15) is 53.1 Å². The lowest BCUT2D eigenvalue weighted by Crippen LogP contribution is -2.46. The molecule has 0 N–H and O–H groups in total. The Hall–Kier alpha value is -1.43. The smallest absolute Gasteiger partial charge is 0.292 e. The highest BCUT2D eigenvalue weighted by molar-refractivity contribution is 6.07. The maximum atomic E-state index is 12.4. The minimum Gasteiger partial charge on any atom is -0.292 e. The molecule has 21 heavy (non-hydrogen) atoms. The van der Waals surface area contributed by atoms with Crippen molar-refractivity contribution in [2.24, 2.45) is 4.99 Å². The second-order valence-corrected chi connectivity index (χ2v) is 3.55. The average molecular weight is 339 g/mol. The van der Waals surface area contributed by atoms with Crippen molar-refractivity contribution < 1.29 is 53.1 Å². The van der Waals surface area contributed by atoms with E-state index in [0.717, 1.165) is 0 Å². The molecule has 0 heterocycles. The van der Waals surface area contributed by atoms with E-state index in [0.29, 0.717) is 0 Å². The summed E-state index contributed by atoms with van der Waals surface area (Å²) in [5.41, 5.74) is -2.67. The Labute approximate surface area is 108 Å². The summed E-state index contributed by atoms with van der Waals surface area (Å²) in [6.45, 7) is -2.48. The Morgan fingerprint density at radius 1 is 0.810 bits per heavy atom. The fourth-order valence-corrected chi connectivity index (χ4v) is 0.852. The normalized spacial score (nSPS) is 15.3. The highest BCUT2D eigenvalue weighted by atomic mass is 19.4. The quantitative estimate of drug-likeness (QED) is 0.567. The number of nitrogens with zero attached hydrogens (tertiary/aromatic N) is 1. The summed E-state index contributed by atoms with van der Waals surface area (Å²) < 4.78 is 132. The van der Waals surface area contributed by atoms with E-state index < -0.39 is 48.9 Å². The van der Waals surface area contributed by atoms with E-state index in [1.807, 2.05) is 4.99 Å². The lowest BCUT2D eigenvalue weighted by molar-refractivity contribution is -0.268. The van der Waals surface area contributed by atoms with Crippen LogP contribution in [0.1, 0.15) is 6.42 Å². The Balaban J connectivity index is 5.32. The van der Waals surface area contributed by atoms with Gasteiger partial charge in [0, 0.05) is 0 Å². The highest BCUT2D eigenvalue weighted by Gasteiger charge is 2.63. The summed E-state index contributed by atoms with van der Waals surface area (Å²) in [5.74, 6) is -9.38. The molecule has 124 valence electrons. The minimum absolute atomic E-state index is 1.85. The third-order valence-corrected chi connectivity index (χ3v) is 1.81. The van der Waals surface area contributed by atoms with E-state index >= 15 is 0 Å². The molecule has 0 spiro atoms. The molecule has 0 aromatic heterocycles. The zero-order chi connectivity index (χ0) is 17.3. The molecule has 0 aliphatic carbocycles. The largest absolute Gasteiger partial charge is 0.461 e. The Morgan fingerprint density at radius 3 is 1.52 bits per heavy atom. The van der Waals surface area contributed by atoms with Gasteiger partial charge in [-0.05, 0) is 0 Å². The van der Waals surface area contributed by atoms with Gasteiger partial charge in [-0.25, -0.2) is 0 Å². The molecule has 0 radical (unpaired) electrons. The van der Waals surface area contributed by atoms with Gasteiger partial charge in [-0.2, -0.15) is 48.3 Å². The van der Waals surface area contributed by atoms with E-state index in [-0.39, 0.29) is 0 Å². The lowest BCUT2D eigenvalue weighted by Gasteiger charge is -2.19. The van der Waals surface area contributed by atoms with E-state index in [4.69, 9.17) is 0 Å². The van der Waals surface area contributed by atoms with Crippen LogP contribution in [-0.4, -0.2) is 42.5 Å². The molecule has 0 saturated heterocycles. The van der Waals surface area contributed by atoms with Gasteiger partial charge in [0.15, 0.2) is 0 Å². The number of carbonyl (C=O) groups is 1. The number of aliphatic imine (C=N–C) groups is 1. The molecule has 0 aliphatic heterocycles. The molecule has 0 rings (SSSR count). The molecule has 0 bridgehead atoms. The van der Waals surface area contributed by atoms with Crippen molar-refractivity contribution in [2.75, 3.05) is 6.54 Å². The lowest BCUT2D eigenvalue weighted by atomic mass is 10.1. The predicted octanol–water partition coefficient (Wildman–Crippen LogP) is 3.71. The molecular formula is C8H4F11NO. The SMILES string of the molecule is O=C(CC(=NCC(F)(F)F)C(F)(F)F)C(F)(F)C(F)(F)F. The van der Waals surface area contributed by atoms with E-state index in [1.54, 1.807) is 0 Å². The first kappa shape index (κ1) is 19.6. The van der Waals surface area contributed by atoms with Crippen molar-refractivity contribution in [1.29, 1.82) is 0 Å². The Kier molecular flexibility index (Phi) is 5.36. The second-order valence-electron chi connectivity index (χ2n) is 3.55. The van der Waals surface area contributed by atoms with Crippen LogP contribution in [0, 0.1) is 0 Å². The zero-order valence-electron chi connectivity index (χ0n) is 9.43. The van der Waals surface area contributed by atoms with Gasteiger partial charge < -0.3 is 0 Å². The molecule has 13 heteroatoms. The zero-order valence-corrected chi connectivity index (χ0v) is 9.43. The molecule has 0 atom stereocenters. The molecule has 2 nitrogen and oxygen atoms in total. The van der Waals surface area contributed by atoms with Gasteiger partial charge in [-0.15, -0.1) is 0 Å². The van der Waals surface area contributed by atoms with Gasteiger partial charge in [-0.3, -0.25) is 9.79 Å². The summed E-state index contributed by atoms with van der Waals surface area (Å²) in [5, 5.41) is 0. The fraction of sp³-hybridized carbons (Fsp3) is 0.750. The average Bonchev–Trinajstić information content (AvgIpc) is 2.18. The van der Waals surface area contributed by atoms with Crippen molar-refractivity contribution in [1.82, 2.24) is 0 Å². The molecule has 0 aliphatic rings. The Bertz CT molecular complexity index is 413. The number of ketones is 1. The first-order chi connectivity index (χ1) is 8.98. The van der Waals surface area contributed by atoms with Crippen LogP contribution in [0.15, 0.2) is 4.99 Å².